The molecular formula is C24H38N4O9. The first-order valence-corrected chi connectivity index (χ1v) is 12.2. The molecule has 0 aliphatic heterocycles. The molecule has 0 radical (unpaired) electrons. The van der Waals surface area contributed by atoms with Crippen molar-refractivity contribution in [2.24, 2.45) is 5.11 Å². The van der Waals surface area contributed by atoms with Gasteiger partial charge in [-0.25, -0.2) is 0 Å². The van der Waals surface area contributed by atoms with Gasteiger partial charge in [-0.05, 0) is 36.7 Å². The Hall–Kier alpha value is -2.77. The highest BCUT2D eigenvalue weighted by Gasteiger charge is 2.07. The topological polar surface area (TPSA) is 160 Å². The minimum Gasteiger partial charge on any atom is -0.426 e. The lowest BCUT2D eigenvalue weighted by atomic mass is 10.2. The molecule has 0 saturated heterocycles. The van der Waals surface area contributed by atoms with E-state index in [1.807, 2.05) is 6.92 Å². The molecule has 0 fully saturated rings. The third-order valence-corrected chi connectivity index (χ3v) is 4.39. The van der Waals surface area contributed by atoms with Crippen molar-refractivity contribution in [1.82, 2.24) is 5.32 Å². The summed E-state index contributed by atoms with van der Waals surface area (Å²) in [4.78, 5) is 26.2. The molecule has 0 unspecified atom stereocenters. The van der Waals surface area contributed by atoms with Crippen LogP contribution in [0.4, 0.5) is 0 Å². The lowest BCUT2D eigenvalue weighted by molar-refractivity contribution is -0.135. The molecule has 208 valence electrons. The second kappa shape index (κ2) is 23.6. The zero-order chi connectivity index (χ0) is 26.8. The minimum absolute atomic E-state index is 0.110. The molecule has 1 aromatic carbocycles. The number of esters is 1. The maximum atomic E-state index is 11.9. The van der Waals surface area contributed by atoms with Crippen molar-refractivity contribution in [1.29, 1.82) is 0 Å². The Morgan fingerprint density at radius 2 is 1.22 bits per heavy atom. The third kappa shape index (κ3) is 19.1. The van der Waals surface area contributed by atoms with Crippen LogP contribution in [0.1, 0.15) is 23.7 Å². The molecule has 0 atom stereocenters. The summed E-state index contributed by atoms with van der Waals surface area (Å²) in [6, 6.07) is 6.37. The molecule has 1 amide bonds. The van der Waals surface area contributed by atoms with Crippen LogP contribution in [0, 0.1) is 0 Å². The van der Waals surface area contributed by atoms with Crippen molar-refractivity contribution in [3.63, 3.8) is 0 Å². The van der Waals surface area contributed by atoms with E-state index in [1.54, 1.807) is 24.3 Å². The molecule has 13 nitrogen and oxygen atoms in total. The fourth-order valence-corrected chi connectivity index (χ4v) is 2.63. The van der Waals surface area contributed by atoms with E-state index in [9.17, 15) is 9.59 Å². The predicted octanol–water partition coefficient (Wildman–Crippen LogP) is 2.14. The molecule has 0 aromatic heterocycles. The molecule has 0 heterocycles. The zero-order valence-corrected chi connectivity index (χ0v) is 21.4. The first-order chi connectivity index (χ1) is 18.2. The van der Waals surface area contributed by atoms with Crippen molar-refractivity contribution >= 4 is 11.9 Å². The lowest BCUT2D eigenvalue weighted by Gasteiger charge is -2.08. The summed E-state index contributed by atoms with van der Waals surface area (Å²) >= 11 is 0. The number of carbonyl (C=O) groups excluding carboxylic acids is 2. The average molecular weight is 527 g/mol. The van der Waals surface area contributed by atoms with Gasteiger partial charge in [-0.1, -0.05) is 5.11 Å². The van der Waals surface area contributed by atoms with Gasteiger partial charge in [-0.15, -0.1) is 0 Å². The first-order valence-electron chi connectivity index (χ1n) is 12.2. The molecule has 1 aromatic rings. The number of carbonyl (C=O) groups is 2. The Labute approximate surface area is 217 Å². The van der Waals surface area contributed by atoms with E-state index in [-0.39, 0.29) is 18.9 Å². The molecule has 13 heteroatoms. The van der Waals surface area contributed by atoms with E-state index in [4.69, 9.17) is 38.7 Å². The van der Waals surface area contributed by atoms with E-state index < -0.39 is 5.97 Å². The Balaban J connectivity index is 1.83. The molecule has 1 rings (SSSR count). The Kier molecular flexibility index (Phi) is 20.6. The summed E-state index contributed by atoms with van der Waals surface area (Å²) in [5.74, 6) is -0.210. The lowest BCUT2D eigenvalue weighted by Crippen LogP contribution is -2.22. The van der Waals surface area contributed by atoms with Gasteiger partial charge in [-0.2, -0.15) is 0 Å². The number of nitrogens with one attached hydrogen (secondary N) is 1. The number of azide groups is 1. The summed E-state index contributed by atoms with van der Waals surface area (Å²) in [7, 11) is 0. The van der Waals surface area contributed by atoms with Crippen molar-refractivity contribution < 1.29 is 42.7 Å². The van der Waals surface area contributed by atoms with E-state index in [0.29, 0.717) is 97.1 Å². The standard InChI is InChI=1S/C24H38N4O9/c1-2-26-24(30)21-3-5-22(6-4-21)37-23(29)7-9-31-11-13-33-15-17-35-19-20-36-18-16-34-14-12-32-10-8-27-28-25/h3-6H,2,7-20H2,1H3,(H,26,30). The Morgan fingerprint density at radius 3 is 1.68 bits per heavy atom. The van der Waals surface area contributed by atoms with Crippen molar-refractivity contribution in [2.75, 3.05) is 92.4 Å². The van der Waals surface area contributed by atoms with Crippen LogP contribution in [0.5, 0.6) is 5.75 Å². The maximum absolute atomic E-state index is 11.9. The van der Waals surface area contributed by atoms with Gasteiger partial charge in [-0.3, -0.25) is 9.59 Å². The number of hydrogen-bond donors (Lipinski definition) is 1. The van der Waals surface area contributed by atoms with Crippen LogP contribution in [-0.2, 0) is 33.2 Å². The second-order valence-corrected chi connectivity index (χ2v) is 7.24. The smallest absolute Gasteiger partial charge is 0.313 e. The summed E-state index contributed by atoms with van der Waals surface area (Å²) in [5.41, 5.74) is 8.62. The number of amides is 1. The van der Waals surface area contributed by atoms with Crippen LogP contribution >= 0.6 is 0 Å². The quantitative estimate of drug-likeness (QED) is 0.0531. The van der Waals surface area contributed by atoms with Crippen LogP contribution in [0.15, 0.2) is 29.4 Å². The molecule has 37 heavy (non-hydrogen) atoms. The minimum atomic E-state index is -0.415. The second-order valence-electron chi connectivity index (χ2n) is 7.24. The summed E-state index contributed by atoms with van der Waals surface area (Å²) in [6.45, 7) is 7.68. The van der Waals surface area contributed by atoms with E-state index >= 15 is 0 Å². The largest absolute Gasteiger partial charge is 0.426 e. The highest BCUT2D eigenvalue weighted by molar-refractivity contribution is 5.94. The highest BCUT2D eigenvalue weighted by Crippen LogP contribution is 2.13. The number of nitrogens with zero attached hydrogens (tertiary/aromatic N) is 3. The van der Waals surface area contributed by atoms with Gasteiger partial charge in [0, 0.05) is 23.6 Å². The number of hydrogen-bond acceptors (Lipinski definition) is 10. The fourth-order valence-electron chi connectivity index (χ4n) is 2.63. The fraction of sp³-hybridized carbons (Fsp3) is 0.667. The van der Waals surface area contributed by atoms with Gasteiger partial charge >= 0.3 is 5.97 Å². The molecule has 0 aliphatic carbocycles. The predicted molar refractivity (Wildman–Crippen MR) is 134 cm³/mol. The molecular weight excluding hydrogens is 488 g/mol. The van der Waals surface area contributed by atoms with Crippen LogP contribution in [-0.4, -0.2) is 104 Å². The Bertz CT molecular complexity index is 774. The number of ether oxygens (including phenoxy) is 7. The summed E-state index contributed by atoms with van der Waals surface area (Å²) < 4.78 is 37.3. The van der Waals surface area contributed by atoms with Gasteiger partial charge in [0.2, 0.25) is 0 Å². The maximum Gasteiger partial charge on any atom is 0.313 e. The normalized spacial score (nSPS) is 10.6. The van der Waals surface area contributed by atoms with Gasteiger partial charge < -0.3 is 38.5 Å². The van der Waals surface area contributed by atoms with E-state index in [0.717, 1.165) is 0 Å². The van der Waals surface area contributed by atoms with Crippen LogP contribution in [0.2, 0.25) is 0 Å². The van der Waals surface area contributed by atoms with Crippen molar-refractivity contribution in [3.05, 3.63) is 40.3 Å². The van der Waals surface area contributed by atoms with Crippen molar-refractivity contribution in [2.45, 2.75) is 13.3 Å². The molecule has 0 spiro atoms. The zero-order valence-electron chi connectivity index (χ0n) is 21.4. The van der Waals surface area contributed by atoms with Crippen LogP contribution < -0.4 is 10.1 Å². The van der Waals surface area contributed by atoms with E-state index in [2.05, 4.69) is 15.3 Å². The van der Waals surface area contributed by atoms with Gasteiger partial charge in [0.15, 0.2) is 0 Å². The van der Waals surface area contributed by atoms with Crippen LogP contribution in [0.3, 0.4) is 0 Å². The molecule has 0 bridgehead atoms. The van der Waals surface area contributed by atoms with Gasteiger partial charge in [0.25, 0.3) is 5.91 Å². The number of benzene rings is 1. The SMILES string of the molecule is CCNC(=O)c1ccc(OC(=O)CCOCCOCCOCCOCCOCCOCCN=[N+]=[N-])cc1. The molecule has 1 N–H and O–H groups in total. The van der Waals surface area contributed by atoms with Gasteiger partial charge in [0.05, 0.1) is 85.7 Å². The van der Waals surface area contributed by atoms with E-state index in [1.165, 1.54) is 0 Å². The summed E-state index contributed by atoms with van der Waals surface area (Å²) in [6.07, 6.45) is 0.110. The summed E-state index contributed by atoms with van der Waals surface area (Å²) in [5, 5.41) is 6.06. The number of rotatable bonds is 24. The molecule has 0 aliphatic rings. The average Bonchev–Trinajstić information content (AvgIpc) is 2.90. The third-order valence-electron chi connectivity index (χ3n) is 4.39. The highest BCUT2D eigenvalue weighted by atomic mass is 16.6. The Morgan fingerprint density at radius 1 is 0.757 bits per heavy atom. The van der Waals surface area contributed by atoms with Crippen LogP contribution in [0.25, 0.3) is 10.4 Å². The molecule has 0 saturated carbocycles. The monoisotopic (exact) mass is 526 g/mol. The van der Waals surface area contributed by atoms with Crippen molar-refractivity contribution in [3.8, 4) is 5.75 Å². The van der Waals surface area contributed by atoms with Gasteiger partial charge in [0.1, 0.15) is 5.75 Å². The first kappa shape index (κ1) is 32.3.